The van der Waals surface area contributed by atoms with Crippen molar-refractivity contribution in [2.75, 3.05) is 26.9 Å². The summed E-state index contributed by atoms with van der Waals surface area (Å²) < 4.78 is 59.0. The van der Waals surface area contributed by atoms with Crippen molar-refractivity contribution in [2.24, 2.45) is 5.90 Å². The molecule has 6 fully saturated rings. The smallest absolute Gasteiger partial charge is 0.214 e. The Morgan fingerprint density at radius 2 is 1.45 bits per heavy atom. The van der Waals surface area contributed by atoms with Gasteiger partial charge in [-0.3, -0.25) is 10.2 Å². The number of fused-ring (bicyclic) bond motifs is 4. The van der Waals surface area contributed by atoms with Crippen molar-refractivity contribution in [3.63, 3.8) is 0 Å². The van der Waals surface area contributed by atoms with E-state index in [-0.39, 0.29) is 6.61 Å². The zero-order valence-corrected chi connectivity index (χ0v) is 28.9. The molecule has 6 rings (SSSR count). The van der Waals surface area contributed by atoms with Crippen molar-refractivity contribution in [2.45, 2.75) is 155 Å². The Morgan fingerprint density at radius 1 is 0.804 bits per heavy atom. The number of rotatable bonds is 10. The topological polar surface area (TPSA) is 313 Å². The minimum Gasteiger partial charge on any atom is -0.470 e. The molecule has 6 aliphatic heterocycles. The van der Waals surface area contributed by atoms with Gasteiger partial charge < -0.3 is 88.2 Å². The van der Waals surface area contributed by atoms with Crippen molar-refractivity contribution in [1.29, 1.82) is 5.41 Å². The molecule has 21 heteroatoms. The van der Waals surface area contributed by atoms with Crippen molar-refractivity contribution in [3.05, 3.63) is 0 Å². The second-order valence-corrected chi connectivity index (χ2v) is 14.7. The van der Waals surface area contributed by atoms with E-state index in [9.17, 15) is 40.9 Å². The first kappa shape index (κ1) is 39.4. The van der Waals surface area contributed by atoms with Crippen LogP contribution in [0.2, 0.25) is 0 Å². The molecule has 0 aromatic rings. The van der Waals surface area contributed by atoms with Crippen LogP contribution in [-0.4, -0.2) is 194 Å². The van der Waals surface area contributed by atoms with Gasteiger partial charge in [0.25, 0.3) is 0 Å². The third-order valence-corrected chi connectivity index (χ3v) is 11.8. The van der Waals surface area contributed by atoms with Crippen LogP contribution in [0, 0.1) is 5.41 Å². The molecule has 0 unspecified atom stereocenters. The molecule has 6 heterocycles. The van der Waals surface area contributed by atoms with Gasteiger partial charge in [0.05, 0.1) is 19.8 Å². The molecule has 294 valence electrons. The normalized spacial score (nSPS) is 57.0. The van der Waals surface area contributed by atoms with Crippen LogP contribution in [0.15, 0.2) is 0 Å². The van der Waals surface area contributed by atoms with Crippen molar-refractivity contribution in [3.8, 4) is 0 Å². The Kier molecular flexibility index (Phi) is 10.4. The van der Waals surface area contributed by atoms with E-state index in [1.165, 1.54) is 41.7 Å². The lowest BCUT2D eigenvalue weighted by Crippen LogP contribution is -2.85. The molecular formula is C30H50N2O19. The highest BCUT2D eigenvalue weighted by Gasteiger charge is 2.76. The Bertz CT molecular complexity index is 1290. The molecule has 0 aromatic heterocycles. The lowest BCUT2D eigenvalue weighted by atomic mass is 9.61. The van der Waals surface area contributed by atoms with Crippen LogP contribution >= 0.6 is 0 Å². The van der Waals surface area contributed by atoms with Gasteiger partial charge in [-0.15, -0.1) is 0 Å². The van der Waals surface area contributed by atoms with E-state index in [2.05, 4.69) is 0 Å². The van der Waals surface area contributed by atoms with E-state index in [0.717, 1.165) is 0 Å². The Morgan fingerprint density at radius 3 is 2.06 bits per heavy atom. The summed E-state index contributed by atoms with van der Waals surface area (Å²) in [7, 11) is 1.28. The van der Waals surface area contributed by atoms with E-state index in [1.54, 1.807) is 0 Å². The monoisotopic (exact) mass is 742 g/mol. The van der Waals surface area contributed by atoms with Gasteiger partial charge in [-0.1, -0.05) is 0 Å². The molecule has 0 radical (unpaired) electrons. The maximum Gasteiger partial charge on any atom is 0.214 e. The van der Waals surface area contributed by atoms with Crippen LogP contribution in [0.25, 0.3) is 0 Å². The van der Waals surface area contributed by atoms with Crippen molar-refractivity contribution >= 4 is 5.90 Å². The molecule has 0 saturated carbocycles. The van der Waals surface area contributed by atoms with Gasteiger partial charge >= 0.3 is 0 Å². The lowest BCUT2D eigenvalue weighted by Gasteiger charge is -2.65. The number of nitrogens with one attached hydrogen (secondary N) is 1. The maximum atomic E-state index is 11.7. The standard InChI is InChI=1S/C30H50N2O19/c1-26(9-34)27(2,38)28(3,39)29(4,40)30(5,51-26)49-18-17-20(41-6)24(48-19(18)22(31)45-17)47-16-12(35)10(7-33)44-25(21(16)50-32)46-14-11-8-42-15(14)13(36)23(37)43-11/h10-21,23-25,31,33-40H,7-9,32H2,1-6H3/t10-,11+,12-,13+,14+,15+,16+,17+,18+,19+,20+,21-,23-,24+,25+,26-,27+,28+,29-,30+/m1/s1. The van der Waals surface area contributed by atoms with Gasteiger partial charge in [-0.05, 0) is 34.6 Å². The molecule has 0 spiro atoms. The summed E-state index contributed by atoms with van der Waals surface area (Å²) in [5.41, 5.74) is -8.76. The fraction of sp³-hybridized carbons (Fsp3) is 0.967. The summed E-state index contributed by atoms with van der Waals surface area (Å²) in [5.74, 6) is 3.06. The van der Waals surface area contributed by atoms with Gasteiger partial charge in [-0.25, -0.2) is 5.90 Å². The predicted molar refractivity (Wildman–Crippen MR) is 161 cm³/mol. The average molecular weight is 743 g/mol. The molecular weight excluding hydrogens is 692 g/mol. The van der Waals surface area contributed by atoms with Crippen LogP contribution in [0.3, 0.4) is 0 Å². The second-order valence-electron chi connectivity index (χ2n) is 14.7. The maximum absolute atomic E-state index is 11.7. The third kappa shape index (κ3) is 5.77. The number of hydrogen-bond donors (Lipinski definition) is 10. The summed E-state index contributed by atoms with van der Waals surface area (Å²) >= 11 is 0. The number of aliphatic hydroxyl groups excluding tert-OH is 5. The van der Waals surface area contributed by atoms with Crippen LogP contribution in [0.1, 0.15) is 34.6 Å². The summed E-state index contributed by atoms with van der Waals surface area (Å²) in [6, 6.07) is 0. The van der Waals surface area contributed by atoms with Crippen molar-refractivity contribution in [1.82, 2.24) is 0 Å². The molecule has 20 atom stereocenters. The van der Waals surface area contributed by atoms with Crippen LogP contribution in [0.5, 0.6) is 0 Å². The van der Waals surface area contributed by atoms with Gasteiger partial charge in [0.2, 0.25) is 5.90 Å². The highest BCUT2D eigenvalue weighted by atomic mass is 16.8. The summed E-state index contributed by atoms with van der Waals surface area (Å²) in [6.45, 7) is 4.68. The van der Waals surface area contributed by atoms with Crippen LogP contribution in [-0.2, 0) is 52.2 Å². The predicted octanol–water partition coefficient (Wildman–Crippen LogP) is -5.18. The molecule has 0 aliphatic carbocycles. The number of nitrogens with two attached hydrogens (primary N) is 1. The fourth-order valence-electron chi connectivity index (χ4n) is 7.86. The number of ether oxygens (including phenoxy) is 10. The average Bonchev–Trinajstić information content (AvgIpc) is 3.49. The highest BCUT2D eigenvalue weighted by Crippen LogP contribution is 2.55. The van der Waals surface area contributed by atoms with E-state index >= 15 is 0 Å². The third-order valence-electron chi connectivity index (χ3n) is 11.8. The number of hydrogen-bond acceptors (Lipinski definition) is 21. The summed E-state index contributed by atoms with van der Waals surface area (Å²) in [6.07, 6.45) is -19.5. The van der Waals surface area contributed by atoms with E-state index < -0.39 is 139 Å². The summed E-state index contributed by atoms with van der Waals surface area (Å²) in [5, 5.41) is 95.0. The molecule has 21 nitrogen and oxygen atoms in total. The minimum absolute atomic E-state index is 0.0185. The Hall–Kier alpha value is -1.29. The molecule has 6 saturated heterocycles. The van der Waals surface area contributed by atoms with Crippen molar-refractivity contribution < 1.29 is 93.1 Å². The molecule has 6 aliphatic rings. The first-order valence-electron chi connectivity index (χ1n) is 16.6. The molecule has 4 bridgehead atoms. The van der Waals surface area contributed by atoms with Gasteiger partial charge in [0, 0.05) is 7.11 Å². The van der Waals surface area contributed by atoms with Gasteiger partial charge in [0.15, 0.2) is 43.0 Å². The SMILES string of the molecule is CO[C@@H]1[C@@H](O[C@H]2[C@H](O)[C@@H](CO)O[C@@H](O[C@@H]3[C@H]4OC[C@@H]3O[C@@H](O)[C@H]4O)[C@@H]2ON)O[C@@H]2C(=N)O[C@H]1[C@@H]2O[C@@]1(C)O[C@](C)(CO)[C@](C)(O)[C@](C)(O)[C@@]1(C)O. The quantitative estimate of drug-likeness (QED) is 0.0936. The zero-order chi connectivity index (χ0) is 37.6. The molecule has 0 aromatic carbocycles. The highest BCUT2D eigenvalue weighted by molar-refractivity contribution is 5.81. The number of aliphatic hydroxyl groups is 8. The minimum atomic E-state index is -2.36. The molecule has 51 heavy (non-hydrogen) atoms. The van der Waals surface area contributed by atoms with Gasteiger partial charge in [-0.2, -0.15) is 0 Å². The van der Waals surface area contributed by atoms with E-state index in [0.29, 0.717) is 0 Å². The Balaban J connectivity index is 1.24. The zero-order valence-electron chi connectivity index (χ0n) is 28.9. The van der Waals surface area contributed by atoms with Crippen LogP contribution in [0.4, 0.5) is 0 Å². The molecule has 11 N–H and O–H groups in total. The van der Waals surface area contributed by atoms with Crippen LogP contribution < -0.4 is 5.90 Å². The first-order valence-corrected chi connectivity index (χ1v) is 16.6. The summed E-state index contributed by atoms with van der Waals surface area (Å²) in [4.78, 5) is 5.17. The first-order chi connectivity index (χ1) is 23.7. The largest absolute Gasteiger partial charge is 0.470 e. The van der Waals surface area contributed by atoms with E-state index in [4.69, 9.17) is 63.5 Å². The van der Waals surface area contributed by atoms with E-state index in [1.807, 2.05) is 0 Å². The van der Waals surface area contributed by atoms with Gasteiger partial charge in [0.1, 0.15) is 77.3 Å². The lowest BCUT2D eigenvalue weighted by molar-refractivity contribution is -0.470. The second kappa shape index (κ2) is 13.5. The fourth-order valence-corrected chi connectivity index (χ4v) is 7.86. The Labute approximate surface area is 292 Å². The molecule has 0 amide bonds. The number of methoxy groups -OCH3 is 1.